The Morgan fingerprint density at radius 1 is 1.29 bits per heavy atom. The van der Waals surface area contributed by atoms with Crippen molar-refractivity contribution in [3.8, 4) is 0 Å². The van der Waals surface area contributed by atoms with E-state index in [0.29, 0.717) is 5.92 Å². The van der Waals surface area contributed by atoms with E-state index in [4.69, 9.17) is 0 Å². The maximum atomic E-state index is 3.22. The highest BCUT2D eigenvalue weighted by atomic mass is 32.1. The standard InChI is InChI=1S/C12H21NS.C3H8/c1-4-5-12-11(7-9-14-12)10(2)6-8-13-3;1-3-2/h7,9-10,13H,4-6,8H2,1-3H3;3H2,1-2H3. The van der Waals surface area contributed by atoms with Crippen LogP contribution in [-0.4, -0.2) is 13.6 Å². The van der Waals surface area contributed by atoms with Crippen molar-refractivity contribution < 1.29 is 0 Å². The van der Waals surface area contributed by atoms with Gasteiger partial charge < -0.3 is 5.32 Å². The monoisotopic (exact) mass is 255 g/mol. The lowest BCUT2D eigenvalue weighted by Crippen LogP contribution is -2.10. The van der Waals surface area contributed by atoms with Crippen LogP contribution in [0.1, 0.15) is 63.3 Å². The second kappa shape index (κ2) is 10.8. The third-order valence-electron chi connectivity index (χ3n) is 2.62. The molecule has 0 aliphatic carbocycles. The molecule has 0 amide bonds. The van der Waals surface area contributed by atoms with Crippen LogP contribution in [0.15, 0.2) is 11.4 Å². The molecule has 1 aromatic heterocycles. The molecule has 17 heavy (non-hydrogen) atoms. The van der Waals surface area contributed by atoms with E-state index < -0.39 is 0 Å². The Balaban J connectivity index is 0.000000770. The first-order valence-electron chi connectivity index (χ1n) is 6.91. The molecule has 1 rings (SSSR count). The van der Waals surface area contributed by atoms with E-state index in [-0.39, 0.29) is 0 Å². The molecular weight excluding hydrogens is 226 g/mol. The molecule has 1 nitrogen and oxygen atoms in total. The van der Waals surface area contributed by atoms with E-state index in [9.17, 15) is 0 Å². The Bertz CT molecular complexity index is 268. The Hall–Kier alpha value is -0.340. The molecule has 0 fully saturated rings. The second-order valence-electron chi connectivity index (χ2n) is 4.55. The lowest BCUT2D eigenvalue weighted by Gasteiger charge is -2.11. The fourth-order valence-electron chi connectivity index (χ4n) is 1.74. The molecule has 1 atom stereocenters. The van der Waals surface area contributed by atoms with Crippen molar-refractivity contribution in [2.45, 2.75) is 59.3 Å². The third kappa shape index (κ3) is 6.85. The largest absolute Gasteiger partial charge is 0.320 e. The molecule has 0 aliphatic heterocycles. The molecule has 1 N–H and O–H groups in total. The van der Waals surface area contributed by atoms with Crippen molar-refractivity contribution in [3.63, 3.8) is 0 Å². The van der Waals surface area contributed by atoms with Crippen molar-refractivity contribution in [2.24, 2.45) is 0 Å². The van der Waals surface area contributed by atoms with Crippen molar-refractivity contribution in [1.82, 2.24) is 5.32 Å². The van der Waals surface area contributed by atoms with Crippen LogP contribution in [0.3, 0.4) is 0 Å². The maximum Gasteiger partial charge on any atom is 0.00798 e. The Kier molecular flexibility index (Phi) is 10.6. The Morgan fingerprint density at radius 3 is 2.47 bits per heavy atom. The first-order valence-corrected chi connectivity index (χ1v) is 7.79. The third-order valence-corrected chi connectivity index (χ3v) is 3.61. The average molecular weight is 255 g/mol. The number of aryl methyl sites for hydroxylation is 1. The van der Waals surface area contributed by atoms with Gasteiger partial charge in [-0.3, -0.25) is 0 Å². The summed E-state index contributed by atoms with van der Waals surface area (Å²) in [5.74, 6) is 0.704. The van der Waals surface area contributed by atoms with Crippen molar-refractivity contribution in [2.75, 3.05) is 13.6 Å². The second-order valence-corrected chi connectivity index (χ2v) is 5.55. The van der Waals surface area contributed by atoms with Crippen molar-refractivity contribution in [1.29, 1.82) is 0 Å². The lowest BCUT2D eigenvalue weighted by molar-refractivity contribution is 0.633. The Labute approximate surface area is 112 Å². The molecule has 1 unspecified atom stereocenters. The molecule has 100 valence electrons. The highest BCUT2D eigenvalue weighted by Crippen LogP contribution is 2.27. The van der Waals surface area contributed by atoms with Crippen LogP contribution in [0, 0.1) is 0 Å². The van der Waals surface area contributed by atoms with Crippen LogP contribution in [0.4, 0.5) is 0 Å². The van der Waals surface area contributed by atoms with Gasteiger partial charge in [-0.25, -0.2) is 0 Å². The number of hydrogen-bond donors (Lipinski definition) is 1. The van der Waals surface area contributed by atoms with Gasteiger partial charge in [-0.2, -0.15) is 0 Å². The molecule has 0 aliphatic rings. The van der Waals surface area contributed by atoms with E-state index in [1.807, 2.05) is 18.4 Å². The zero-order chi connectivity index (χ0) is 13.1. The quantitative estimate of drug-likeness (QED) is 0.767. The van der Waals surface area contributed by atoms with Crippen molar-refractivity contribution >= 4 is 11.3 Å². The number of rotatable bonds is 6. The fraction of sp³-hybridized carbons (Fsp3) is 0.733. The summed E-state index contributed by atoms with van der Waals surface area (Å²) in [5, 5.41) is 5.45. The molecule has 0 spiro atoms. The number of nitrogens with one attached hydrogen (secondary N) is 1. The van der Waals surface area contributed by atoms with Crippen LogP contribution < -0.4 is 5.32 Å². The summed E-state index contributed by atoms with van der Waals surface area (Å²) in [6, 6.07) is 2.30. The smallest absolute Gasteiger partial charge is 0.00798 e. The van der Waals surface area contributed by atoms with E-state index >= 15 is 0 Å². The molecule has 0 saturated heterocycles. The summed E-state index contributed by atoms with van der Waals surface area (Å²) in [4.78, 5) is 1.59. The van der Waals surface area contributed by atoms with Gasteiger partial charge in [0.15, 0.2) is 0 Å². The van der Waals surface area contributed by atoms with Crippen LogP contribution in [-0.2, 0) is 6.42 Å². The molecular formula is C15H29NS. The lowest BCUT2D eigenvalue weighted by atomic mass is 9.97. The van der Waals surface area contributed by atoms with Gasteiger partial charge in [0, 0.05) is 4.88 Å². The molecule has 0 bridgehead atoms. The first-order chi connectivity index (χ1) is 8.21. The topological polar surface area (TPSA) is 12.0 Å². The van der Waals surface area contributed by atoms with E-state index in [2.05, 4.69) is 44.5 Å². The highest BCUT2D eigenvalue weighted by Gasteiger charge is 2.10. The normalized spacial score (nSPS) is 11.8. The van der Waals surface area contributed by atoms with E-state index in [1.54, 1.807) is 10.4 Å². The summed E-state index contributed by atoms with van der Waals surface area (Å²) in [6.45, 7) is 9.95. The minimum Gasteiger partial charge on any atom is -0.320 e. The minimum atomic E-state index is 0.704. The predicted molar refractivity (Wildman–Crippen MR) is 81.2 cm³/mol. The van der Waals surface area contributed by atoms with E-state index in [1.165, 1.54) is 25.7 Å². The van der Waals surface area contributed by atoms with Crippen LogP contribution in [0.25, 0.3) is 0 Å². The predicted octanol–water partition coefficient (Wildman–Crippen LogP) is 4.83. The summed E-state index contributed by atoms with van der Waals surface area (Å²) < 4.78 is 0. The zero-order valence-corrected chi connectivity index (χ0v) is 13.0. The van der Waals surface area contributed by atoms with Gasteiger partial charge >= 0.3 is 0 Å². The van der Waals surface area contributed by atoms with Gasteiger partial charge in [0.25, 0.3) is 0 Å². The van der Waals surface area contributed by atoms with Crippen LogP contribution >= 0.6 is 11.3 Å². The zero-order valence-electron chi connectivity index (χ0n) is 12.2. The average Bonchev–Trinajstić information content (AvgIpc) is 2.76. The number of hydrogen-bond acceptors (Lipinski definition) is 2. The molecule has 0 saturated carbocycles. The maximum absolute atomic E-state index is 3.22. The Morgan fingerprint density at radius 2 is 1.94 bits per heavy atom. The van der Waals surface area contributed by atoms with Gasteiger partial charge in [0.1, 0.15) is 0 Å². The highest BCUT2D eigenvalue weighted by molar-refractivity contribution is 7.10. The van der Waals surface area contributed by atoms with Crippen LogP contribution in [0.2, 0.25) is 0 Å². The molecule has 1 heterocycles. The summed E-state index contributed by atoms with van der Waals surface area (Å²) >= 11 is 1.92. The molecule has 2 heteroatoms. The van der Waals surface area contributed by atoms with Crippen LogP contribution in [0.5, 0.6) is 0 Å². The number of thiophene rings is 1. The summed E-state index contributed by atoms with van der Waals surface area (Å²) in [6.07, 6.45) is 4.99. The van der Waals surface area contributed by atoms with Gasteiger partial charge in [-0.05, 0) is 49.4 Å². The van der Waals surface area contributed by atoms with Gasteiger partial charge in [-0.1, -0.05) is 40.5 Å². The summed E-state index contributed by atoms with van der Waals surface area (Å²) in [7, 11) is 2.02. The van der Waals surface area contributed by atoms with Crippen molar-refractivity contribution in [3.05, 3.63) is 21.9 Å². The van der Waals surface area contributed by atoms with Gasteiger partial charge in [0.05, 0.1) is 0 Å². The minimum absolute atomic E-state index is 0.704. The first kappa shape index (κ1) is 16.7. The molecule has 1 aromatic rings. The molecule has 0 radical (unpaired) electrons. The fourth-order valence-corrected chi connectivity index (χ4v) is 2.84. The van der Waals surface area contributed by atoms with Gasteiger partial charge in [0.2, 0.25) is 0 Å². The molecule has 0 aromatic carbocycles. The summed E-state index contributed by atoms with van der Waals surface area (Å²) in [5.41, 5.74) is 1.58. The van der Waals surface area contributed by atoms with E-state index in [0.717, 1.165) is 6.54 Å². The SMILES string of the molecule is CCC.CCCc1sccc1C(C)CCNC. The van der Waals surface area contributed by atoms with Gasteiger partial charge in [-0.15, -0.1) is 11.3 Å².